The van der Waals surface area contributed by atoms with Gasteiger partial charge in [-0.15, -0.1) is 0 Å². The first-order valence-electron chi connectivity index (χ1n) is 9.30. The van der Waals surface area contributed by atoms with Crippen molar-refractivity contribution in [3.05, 3.63) is 55.4 Å². The third kappa shape index (κ3) is 8.18. The van der Waals surface area contributed by atoms with Crippen LogP contribution in [0.15, 0.2) is 45.3 Å². The summed E-state index contributed by atoms with van der Waals surface area (Å²) in [7, 11) is 0. The zero-order valence-electron chi connectivity index (χ0n) is 17.2. The maximum Gasteiger partial charge on any atom is 0.410 e. The van der Waals surface area contributed by atoms with Gasteiger partial charge in [0, 0.05) is 37.8 Å². The zero-order chi connectivity index (χ0) is 23.3. The summed E-state index contributed by atoms with van der Waals surface area (Å²) in [6, 6.07) is 10.5. The summed E-state index contributed by atoms with van der Waals surface area (Å²) in [5.41, 5.74) is 6.25. The Balaban J connectivity index is 0.000000316. The molecule has 1 heterocycles. The van der Waals surface area contributed by atoms with Gasteiger partial charge in [-0.2, -0.15) is 0 Å². The molecule has 0 aromatic heterocycles. The topological polar surface area (TPSA) is 84.7 Å². The summed E-state index contributed by atoms with van der Waals surface area (Å²) >= 11 is 18.1. The van der Waals surface area contributed by atoms with Gasteiger partial charge in [0.25, 0.3) is 0 Å². The van der Waals surface area contributed by atoms with E-state index in [-0.39, 0.29) is 17.9 Å². The van der Waals surface area contributed by atoms with Crippen LogP contribution in [0.5, 0.6) is 0 Å². The number of benzene rings is 2. The molecule has 1 aliphatic rings. The Morgan fingerprint density at radius 2 is 1.61 bits per heavy atom. The van der Waals surface area contributed by atoms with Crippen molar-refractivity contribution in [3.8, 4) is 0 Å². The highest BCUT2D eigenvalue weighted by molar-refractivity contribution is 9.11. The van der Waals surface area contributed by atoms with Crippen LogP contribution in [0.1, 0.15) is 20.8 Å². The maximum absolute atomic E-state index is 12.2. The number of nitrogens with zero attached hydrogens (tertiary/aromatic N) is 1. The second kappa shape index (κ2) is 10.9. The smallest absolute Gasteiger partial charge is 0.410 e. The number of carbonyl (C=O) groups excluding carboxylic acids is 2. The molecule has 0 unspecified atom stereocenters. The Labute approximate surface area is 208 Å². The highest BCUT2D eigenvalue weighted by Gasteiger charge is 2.38. The molecule has 0 radical (unpaired) electrons. The molecule has 10 heteroatoms. The first-order chi connectivity index (χ1) is 14.4. The predicted octanol–water partition coefficient (Wildman–Crippen LogP) is 6.59. The van der Waals surface area contributed by atoms with Crippen LogP contribution in [0.25, 0.3) is 0 Å². The van der Waals surface area contributed by atoms with Crippen molar-refractivity contribution in [2.75, 3.05) is 24.1 Å². The summed E-state index contributed by atoms with van der Waals surface area (Å²) in [6.07, 6.45) is -0.388. The molecular weight excluding hydrogens is 573 g/mol. The van der Waals surface area contributed by atoms with E-state index in [1.807, 2.05) is 26.8 Å². The van der Waals surface area contributed by atoms with Crippen LogP contribution in [-0.4, -0.2) is 35.6 Å². The quantitative estimate of drug-likeness (QED) is 0.384. The monoisotopic (exact) mass is 593 g/mol. The van der Waals surface area contributed by atoms with Gasteiger partial charge >= 0.3 is 6.09 Å². The summed E-state index contributed by atoms with van der Waals surface area (Å²) < 4.78 is 6.89. The van der Waals surface area contributed by atoms with Crippen molar-refractivity contribution in [1.82, 2.24) is 4.90 Å². The highest BCUT2D eigenvalue weighted by Crippen LogP contribution is 2.28. The fourth-order valence-corrected chi connectivity index (χ4v) is 3.41. The largest absolute Gasteiger partial charge is 0.444 e. The number of amides is 2. The van der Waals surface area contributed by atoms with Crippen molar-refractivity contribution in [2.45, 2.75) is 26.4 Å². The van der Waals surface area contributed by atoms with Gasteiger partial charge in [0.05, 0.1) is 11.6 Å². The molecule has 2 amide bonds. The fraction of sp³-hybridized carbons (Fsp3) is 0.333. The van der Waals surface area contributed by atoms with Crippen LogP contribution in [0, 0.1) is 5.92 Å². The van der Waals surface area contributed by atoms with Gasteiger partial charge < -0.3 is 20.7 Å². The maximum atomic E-state index is 12.2. The number of nitrogen functional groups attached to an aromatic ring is 1. The minimum absolute atomic E-state index is 0.136. The molecule has 0 atom stereocenters. The highest BCUT2D eigenvalue weighted by atomic mass is 79.9. The summed E-state index contributed by atoms with van der Waals surface area (Å²) in [4.78, 5) is 25.5. The Bertz CT molecular complexity index is 961. The third-order valence-corrected chi connectivity index (χ3v) is 5.93. The summed E-state index contributed by atoms with van der Waals surface area (Å²) in [6.45, 7) is 6.15. The molecule has 3 rings (SSSR count). The standard InChI is InChI=1S/C15H18BrClN2O3.C6H5BrClN/c1-15(2,3)22-14(21)19-7-9(8-19)13(20)18-12-6-10(17)4-5-11(12)16;7-5-2-1-4(8)3-6(5)9/h4-6,9H,7-8H2,1-3H3,(H,18,20);1-3H,9H2. The molecule has 1 fully saturated rings. The van der Waals surface area contributed by atoms with Crippen LogP contribution < -0.4 is 11.1 Å². The fourth-order valence-electron chi connectivity index (χ4n) is 2.46. The van der Waals surface area contributed by atoms with E-state index in [9.17, 15) is 9.59 Å². The number of hydrogen-bond acceptors (Lipinski definition) is 4. The molecule has 0 bridgehead atoms. The molecular formula is C21H23Br2Cl2N3O3. The van der Waals surface area contributed by atoms with Crippen LogP contribution in [-0.2, 0) is 9.53 Å². The van der Waals surface area contributed by atoms with Gasteiger partial charge in [0.1, 0.15) is 5.60 Å². The van der Waals surface area contributed by atoms with Crippen molar-refractivity contribution < 1.29 is 14.3 Å². The van der Waals surface area contributed by atoms with Gasteiger partial charge in [-0.25, -0.2) is 4.79 Å². The number of ether oxygens (including phenoxy) is 1. The number of carbonyl (C=O) groups is 2. The predicted molar refractivity (Wildman–Crippen MR) is 133 cm³/mol. The molecule has 1 saturated heterocycles. The molecule has 1 aliphatic heterocycles. The van der Waals surface area contributed by atoms with E-state index in [0.29, 0.717) is 34.5 Å². The molecule has 3 N–H and O–H groups in total. The second-order valence-electron chi connectivity index (χ2n) is 7.86. The van der Waals surface area contributed by atoms with Crippen molar-refractivity contribution in [2.24, 2.45) is 5.92 Å². The van der Waals surface area contributed by atoms with E-state index in [2.05, 4.69) is 37.2 Å². The van der Waals surface area contributed by atoms with Crippen molar-refractivity contribution in [1.29, 1.82) is 0 Å². The molecule has 6 nitrogen and oxygen atoms in total. The van der Waals surface area contributed by atoms with Crippen molar-refractivity contribution in [3.63, 3.8) is 0 Å². The minimum atomic E-state index is -0.532. The second-order valence-corrected chi connectivity index (χ2v) is 10.4. The lowest BCUT2D eigenvalue weighted by Crippen LogP contribution is -2.55. The lowest BCUT2D eigenvalue weighted by atomic mass is 10.00. The normalized spacial score (nSPS) is 13.6. The average molecular weight is 596 g/mol. The number of rotatable bonds is 2. The number of nitrogens with two attached hydrogens (primary N) is 1. The number of nitrogens with one attached hydrogen (secondary N) is 1. The molecule has 0 aliphatic carbocycles. The Morgan fingerprint density at radius 3 is 2.13 bits per heavy atom. The Morgan fingerprint density at radius 1 is 1.06 bits per heavy atom. The number of halogens is 4. The van der Waals surface area contributed by atoms with Gasteiger partial charge in [0.2, 0.25) is 5.91 Å². The van der Waals surface area contributed by atoms with Gasteiger partial charge in [-0.1, -0.05) is 23.2 Å². The zero-order valence-corrected chi connectivity index (χ0v) is 21.9. The van der Waals surface area contributed by atoms with Gasteiger partial charge in [0.15, 0.2) is 0 Å². The van der Waals surface area contributed by atoms with Crippen LogP contribution >= 0.6 is 55.1 Å². The van der Waals surface area contributed by atoms with E-state index in [4.69, 9.17) is 33.7 Å². The van der Waals surface area contributed by atoms with Crippen LogP contribution in [0.4, 0.5) is 16.2 Å². The Hall–Kier alpha value is -1.48. The number of anilines is 2. The third-order valence-electron chi connectivity index (χ3n) is 4.05. The van der Waals surface area contributed by atoms with Gasteiger partial charge in [-0.3, -0.25) is 4.79 Å². The molecule has 0 spiro atoms. The summed E-state index contributed by atoms with van der Waals surface area (Å²) in [5, 5.41) is 4.02. The molecule has 31 heavy (non-hydrogen) atoms. The lowest BCUT2D eigenvalue weighted by molar-refractivity contribution is -0.124. The van der Waals surface area contributed by atoms with Gasteiger partial charge in [-0.05, 0) is 89.0 Å². The lowest BCUT2D eigenvalue weighted by Gasteiger charge is -2.38. The summed E-state index contributed by atoms with van der Waals surface area (Å²) in [5.74, 6) is -0.374. The molecule has 2 aromatic rings. The van der Waals surface area contributed by atoms with E-state index >= 15 is 0 Å². The SMILES string of the molecule is CC(C)(C)OC(=O)N1CC(C(=O)Nc2cc(Cl)ccc2Br)C1.Nc1cc(Cl)ccc1Br. The number of hydrogen-bond donors (Lipinski definition) is 2. The Kier molecular flexibility index (Phi) is 9.06. The average Bonchev–Trinajstić information content (AvgIpc) is 2.59. The minimum Gasteiger partial charge on any atom is -0.444 e. The molecule has 2 aromatic carbocycles. The first kappa shape index (κ1) is 25.8. The van der Waals surface area contributed by atoms with Crippen LogP contribution in [0.2, 0.25) is 10.0 Å². The number of likely N-dealkylation sites (tertiary alicyclic amines) is 1. The van der Waals surface area contributed by atoms with E-state index < -0.39 is 5.60 Å². The van der Waals surface area contributed by atoms with Crippen molar-refractivity contribution >= 4 is 78.4 Å². The van der Waals surface area contributed by atoms with E-state index in [1.165, 1.54) is 4.90 Å². The first-order valence-corrected chi connectivity index (χ1v) is 11.6. The molecule has 0 saturated carbocycles. The van der Waals surface area contributed by atoms with Crippen LogP contribution in [0.3, 0.4) is 0 Å². The van der Waals surface area contributed by atoms with E-state index in [1.54, 1.807) is 30.3 Å². The van der Waals surface area contributed by atoms with E-state index in [0.717, 1.165) is 8.95 Å². The molecule has 168 valence electrons.